The monoisotopic (exact) mass is 249 g/mol. The molecule has 0 spiro atoms. The molecule has 0 fully saturated rings. The maximum Gasteiger partial charge on any atom is 0.323 e. The Labute approximate surface area is 109 Å². The Kier molecular flexibility index (Phi) is 6.26. The van der Waals surface area contributed by atoms with E-state index >= 15 is 0 Å². The van der Waals surface area contributed by atoms with Crippen LogP contribution in [0.15, 0.2) is 24.3 Å². The number of carboxylic acid groups (broad SMARTS) is 1. The molecular formula is C15H23NO2. The minimum Gasteiger partial charge on any atom is -0.480 e. The average molecular weight is 249 g/mol. The number of rotatable bonds is 8. The molecular weight excluding hydrogens is 226 g/mol. The molecule has 0 saturated heterocycles. The second kappa shape index (κ2) is 7.75. The summed E-state index contributed by atoms with van der Waals surface area (Å²) in [7, 11) is 0. The van der Waals surface area contributed by atoms with Crippen molar-refractivity contribution in [2.45, 2.75) is 39.5 Å². The Bertz CT molecular complexity index is 359. The van der Waals surface area contributed by atoms with Gasteiger partial charge in [0.15, 0.2) is 0 Å². The molecule has 0 saturated carbocycles. The van der Waals surface area contributed by atoms with Gasteiger partial charge in [0.05, 0.1) is 0 Å². The van der Waals surface area contributed by atoms with Crippen molar-refractivity contribution in [2.24, 2.45) is 0 Å². The van der Waals surface area contributed by atoms with Gasteiger partial charge >= 0.3 is 5.97 Å². The van der Waals surface area contributed by atoms with Crippen LogP contribution in [0, 0.1) is 0 Å². The van der Waals surface area contributed by atoms with Crippen LogP contribution in [-0.2, 0) is 11.2 Å². The van der Waals surface area contributed by atoms with Crippen LogP contribution in [0.4, 0.5) is 5.69 Å². The molecule has 18 heavy (non-hydrogen) atoms. The average Bonchev–Trinajstić information content (AvgIpc) is 2.36. The van der Waals surface area contributed by atoms with Gasteiger partial charge in [-0.05, 0) is 37.0 Å². The summed E-state index contributed by atoms with van der Waals surface area (Å²) in [6, 6.07) is 8.28. The molecule has 1 aromatic rings. The molecule has 0 unspecified atom stereocenters. The SMILES string of the molecule is CCCCc1ccc(N(CCC)CC(=O)O)cc1. The van der Waals surface area contributed by atoms with E-state index in [-0.39, 0.29) is 6.54 Å². The molecule has 0 aliphatic heterocycles. The standard InChI is InChI=1S/C15H23NO2/c1-3-5-6-13-7-9-14(10-8-13)16(11-4-2)12-15(17)18/h7-10H,3-6,11-12H2,1-2H3,(H,17,18). The van der Waals surface area contributed by atoms with Crippen molar-refractivity contribution in [2.75, 3.05) is 18.0 Å². The van der Waals surface area contributed by atoms with Crippen LogP contribution in [0.1, 0.15) is 38.7 Å². The first kappa shape index (κ1) is 14.6. The van der Waals surface area contributed by atoms with Gasteiger partial charge in [-0.15, -0.1) is 0 Å². The van der Waals surface area contributed by atoms with Crippen molar-refractivity contribution >= 4 is 11.7 Å². The van der Waals surface area contributed by atoms with Gasteiger partial charge in [0.2, 0.25) is 0 Å². The highest BCUT2D eigenvalue weighted by Crippen LogP contribution is 2.16. The molecule has 0 radical (unpaired) electrons. The summed E-state index contributed by atoms with van der Waals surface area (Å²) >= 11 is 0. The zero-order valence-electron chi connectivity index (χ0n) is 11.4. The first-order valence-electron chi connectivity index (χ1n) is 6.73. The number of carbonyl (C=O) groups is 1. The molecule has 3 nitrogen and oxygen atoms in total. The van der Waals surface area contributed by atoms with Crippen LogP contribution in [0.5, 0.6) is 0 Å². The number of aliphatic carboxylic acids is 1. The van der Waals surface area contributed by atoms with Crippen LogP contribution in [0.3, 0.4) is 0 Å². The lowest BCUT2D eigenvalue weighted by molar-refractivity contribution is -0.135. The number of hydrogen-bond donors (Lipinski definition) is 1. The molecule has 3 heteroatoms. The van der Waals surface area contributed by atoms with Crippen molar-refractivity contribution in [1.29, 1.82) is 0 Å². The van der Waals surface area contributed by atoms with Crippen molar-refractivity contribution < 1.29 is 9.90 Å². The van der Waals surface area contributed by atoms with E-state index in [1.54, 1.807) is 0 Å². The zero-order valence-corrected chi connectivity index (χ0v) is 11.4. The van der Waals surface area contributed by atoms with Gasteiger partial charge in [0.1, 0.15) is 6.54 Å². The number of benzene rings is 1. The molecule has 0 aliphatic carbocycles. The van der Waals surface area contributed by atoms with E-state index in [1.165, 1.54) is 18.4 Å². The van der Waals surface area contributed by atoms with Crippen molar-refractivity contribution in [3.8, 4) is 0 Å². The van der Waals surface area contributed by atoms with Crippen LogP contribution >= 0.6 is 0 Å². The molecule has 0 aliphatic rings. The van der Waals surface area contributed by atoms with E-state index in [0.29, 0.717) is 0 Å². The minimum absolute atomic E-state index is 0.0716. The number of carboxylic acids is 1. The lowest BCUT2D eigenvalue weighted by Gasteiger charge is -2.22. The van der Waals surface area contributed by atoms with E-state index in [2.05, 4.69) is 26.0 Å². The highest BCUT2D eigenvalue weighted by atomic mass is 16.4. The Hall–Kier alpha value is -1.51. The zero-order chi connectivity index (χ0) is 13.4. The minimum atomic E-state index is -0.779. The van der Waals surface area contributed by atoms with Gasteiger partial charge in [-0.25, -0.2) is 0 Å². The number of aryl methyl sites for hydroxylation is 1. The van der Waals surface area contributed by atoms with Gasteiger partial charge in [-0.2, -0.15) is 0 Å². The predicted molar refractivity (Wildman–Crippen MR) is 75.2 cm³/mol. The molecule has 0 heterocycles. The summed E-state index contributed by atoms with van der Waals surface area (Å²) in [5.41, 5.74) is 2.33. The third-order valence-electron chi connectivity index (χ3n) is 2.94. The smallest absolute Gasteiger partial charge is 0.323 e. The number of hydrogen-bond acceptors (Lipinski definition) is 2. The molecule has 0 atom stereocenters. The molecule has 0 bridgehead atoms. The summed E-state index contributed by atoms with van der Waals surface area (Å²) < 4.78 is 0. The third-order valence-corrected chi connectivity index (χ3v) is 2.94. The summed E-state index contributed by atoms with van der Waals surface area (Å²) in [6.07, 6.45) is 4.45. The Morgan fingerprint density at radius 1 is 1.17 bits per heavy atom. The maximum absolute atomic E-state index is 10.8. The second-order valence-corrected chi connectivity index (χ2v) is 4.59. The Morgan fingerprint density at radius 2 is 1.83 bits per heavy atom. The molecule has 0 aromatic heterocycles. The number of unbranched alkanes of at least 4 members (excludes halogenated alkanes) is 1. The number of nitrogens with zero attached hydrogens (tertiary/aromatic N) is 1. The molecule has 0 amide bonds. The Balaban J connectivity index is 2.70. The van der Waals surface area contributed by atoms with Crippen molar-refractivity contribution in [3.05, 3.63) is 29.8 Å². The van der Waals surface area contributed by atoms with Crippen molar-refractivity contribution in [1.82, 2.24) is 0 Å². The van der Waals surface area contributed by atoms with Crippen LogP contribution in [0.2, 0.25) is 0 Å². The highest BCUT2D eigenvalue weighted by molar-refractivity contribution is 5.73. The van der Waals surface area contributed by atoms with Gasteiger partial charge in [-0.3, -0.25) is 4.79 Å². The summed E-state index contributed by atoms with van der Waals surface area (Å²) in [5, 5.41) is 8.90. The lowest BCUT2D eigenvalue weighted by Crippen LogP contribution is -2.30. The van der Waals surface area contributed by atoms with Crippen LogP contribution in [0.25, 0.3) is 0 Å². The van der Waals surface area contributed by atoms with Crippen LogP contribution < -0.4 is 4.90 Å². The molecule has 1 rings (SSSR count). The van der Waals surface area contributed by atoms with E-state index in [1.807, 2.05) is 17.0 Å². The van der Waals surface area contributed by atoms with Gasteiger partial charge in [-0.1, -0.05) is 32.4 Å². The molecule has 1 N–H and O–H groups in total. The first-order valence-corrected chi connectivity index (χ1v) is 6.73. The van der Waals surface area contributed by atoms with Gasteiger partial charge in [0.25, 0.3) is 0 Å². The first-order chi connectivity index (χ1) is 8.67. The largest absolute Gasteiger partial charge is 0.480 e. The normalized spacial score (nSPS) is 10.3. The maximum atomic E-state index is 10.8. The van der Waals surface area contributed by atoms with E-state index in [0.717, 1.165) is 25.1 Å². The van der Waals surface area contributed by atoms with E-state index < -0.39 is 5.97 Å². The van der Waals surface area contributed by atoms with Gasteiger partial charge in [0, 0.05) is 12.2 Å². The summed E-state index contributed by atoms with van der Waals surface area (Å²) in [6.45, 7) is 5.09. The molecule has 1 aromatic carbocycles. The highest BCUT2D eigenvalue weighted by Gasteiger charge is 2.09. The Morgan fingerprint density at radius 3 is 2.33 bits per heavy atom. The number of anilines is 1. The van der Waals surface area contributed by atoms with Crippen molar-refractivity contribution in [3.63, 3.8) is 0 Å². The van der Waals surface area contributed by atoms with Gasteiger partial charge < -0.3 is 10.0 Å². The predicted octanol–water partition coefficient (Wildman–Crippen LogP) is 3.33. The molecule has 100 valence electrons. The topological polar surface area (TPSA) is 40.5 Å². The lowest BCUT2D eigenvalue weighted by atomic mass is 10.1. The fraction of sp³-hybridized carbons (Fsp3) is 0.533. The van der Waals surface area contributed by atoms with E-state index in [4.69, 9.17) is 5.11 Å². The van der Waals surface area contributed by atoms with E-state index in [9.17, 15) is 4.79 Å². The summed E-state index contributed by atoms with van der Waals surface area (Å²) in [5.74, 6) is -0.779. The summed E-state index contributed by atoms with van der Waals surface area (Å²) in [4.78, 5) is 12.7. The quantitative estimate of drug-likeness (QED) is 0.768. The third kappa shape index (κ3) is 4.78. The second-order valence-electron chi connectivity index (χ2n) is 4.59. The fourth-order valence-corrected chi connectivity index (χ4v) is 1.99. The van der Waals surface area contributed by atoms with Crippen LogP contribution in [-0.4, -0.2) is 24.2 Å². The fourth-order valence-electron chi connectivity index (χ4n) is 1.99.